The van der Waals surface area contributed by atoms with Gasteiger partial charge in [0.2, 0.25) is 0 Å². The van der Waals surface area contributed by atoms with Gasteiger partial charge in [-0.25, -0.2) is 0 Å². The quantitative estimate of drug-likeness (QED) is 0.695. The van der Waals surface area contributed by atoms with Crippen LogP contribution in [-0.4, -0.2) is 19.4 Å². The average molecular weight is 343 g/mol. The Morgan fingerprint density at radius 3 is 2.35 bits per heavy atom. The van der Waals surface area contributed by atoms with Crippen molar-refractivity contribution >= 4 is 11.5 Å². The van der Waals surface area contributed by atoms with Gasteiger partial charge >= 0.3 is 0 Å². The lowest BCUT2D eigenvalue weighted by Gasteiger charge is -2.34. The Kier molecular flexibility index (Phi) is 4.44. The second kappa shape index (κ2) is 7.04. The number of benzene rings is 3. The van der Waals surface area contributed by atoms with Gasteiger partial charge in [0, 0.05) is 23.7 Å². The van der Waals surface area contributed by atoms with Crippen LogP contribution in [0.1, 0.15) is 27.4 Å². The van der Waals surface area contributed by atoms with Gasteiger partial charge in [-0.1, -0.05) is 60.7 Å². The molecule has 4 rings (SSSR count). The molecule has 0 unspecified atom stereocenters. The van der Waals surface area contributed by atoms with Gasteiger partial charge in [-0.05, 0) is 29.3 Å². The molecule has 0 bridgehead atoms. The van der Waals surface area contributed by atoms with E-state index in [-0.39, 0.29) is 17.6 Å². The van der Waals surface area contributed by atoms with Crippen molar-refractivity contribution in [2.75, 3.05) is 19.0 Å². The van der Waals surface area contributed by atoms with Crippen LogP contribution in [0.15, 0.2) is 78.9 Å². The van der Waals surface area contributed by atoms with E-state index >= 15 is 0 Å². The largest absolute Gasteiger partial charge is 0.497 e. The number of para-hydroxylation sites is 1. The van der Waals surface area contributed by atoms with Crippen LogP contribution in [0.3, 0.4) is 0 Å². The first-order valence-electron chi connectivity index (χ1n) is 8.84. The number of ether oxygens (including phenoxy) is 1. The third-order valence-electron chi connectivity index (χ3n) is 5.08. The Bertz CT molecular complexity index is 903. The maximum absolute atomic E-state index is 13.3. The molecule has 0 aliphatic carbocycles. The number of carbonyl (C=O) groups excluding carboxylic acids is 1. The van der Waals surface area contributed by atoms with E-state index in [4.69, 9.17) is 4.74 Å². The van der Waals surface area contributed by atoms with Crippen molar-refractivity contribution in [3.63, 3.8) is 0 Å². The van der Waals surface area contributed by atoms with E-state index in [0.29, 0.717) is 6.54 Å². The van der Waals surface area contributed by atoms with E-state index in [1.165, 1.54) is 0 Å². The second-order valence-electron chi connectivity index (χ2n) is 6.56. The summed E-state index contributed by atoms with van der Waals surface area (Å²) in [6.45, 7) is 0.626. The van der Waals surface area contributed by atoms with E-state index in [1.807, 2.05) is 54.6 Å². The van der Waals surface area contributed by atoms with Crippen LogP contribution in [0.2, 0.25) is 0 Å². The van der Waals surface area contributed by atoms with Crippen molar-refractivity contribution in [2.45, 2.75) is 5.92 Å². The SMILES string of the molecule is COc1ccc([C@H]2c3ccccc3NC[C@@H]2C(=O)c2ccccc2)cc1. The summed E-state index contributed by atoms with van der Waals surface area (Å²) in [5, 5.41) is 3.44. The molecule has 0 fully saturated rings. The van der Waals surface area contributed by atoms with E-state index < -0.39 is 0 Å². The molecule has 0 spiro atoms. The first-order chi connectivity index (χ1) is 12.8. The number of hydrogen-bond acceptors (Lipinski definition) is 3. The number of anilines is 1. The minimum Gasteiger partial charge on any atom is -0.497 e. The molecule has 0 amide bonds. The number of carbonyl (C=O) groups is 1. The standard InChI is InChI=1S/C23H21NO2/c1-26-18-13-11-16(12-14-18)22-19-9-5-6-10-21(19)24-15-20(22)23(25)17-7-3-2-4-8-17/h2-14,20,22,24H,15H2,1H3/t20-,22-/m0/s1. The summed E-state index contributed by atoms with van der Waals surface area (Å²) in [5.74, 6) is 0.863. The third kappa shape index (κ3) is 2.97. The summed E-state index contributed by atoms with van der Waals surface area (Å²) in [6, 6.07) is 25.9. The fraction of sp³-hybridized carbons (Fsp3) is 0.174. The summed E-state index contributed by atoms with van der Waals surface area (Å²) in [7, 11) is 1.66. The highest BCUT2D eigenvalue weighted by atomic mass is 16.5. The van der Waals surface area contributed by atoms with Crippen LogP contribution in [0, 0.1) is 5.92 Å². The molecule has 1 aliphatic rings. The third-order valence-corrected chi connectivity index (χ3v) is 5.08. The Labute approximate surface area is 153 Å². The van der Waals surface area contributed by atoms with Crippen LogP contribution in [0.5, 0.6) is 5.75 Å². The van der Waals surface area contributed by atoms with Crippen LogP contribution >= 0.6 is 0 Å². The molecule has 0 aromatic heterocycles. The fourth-order valence-corrected chi connectivity index (χ4v) is 3.77. The van der Waals surface area contributed by atoms with Gasteiger partial charge in [0.1, 0.15) is 5.75 Å². The lowest BCUT2D eigenvalue weighted by atomic mass is 9.74. The summed E-state index contributed by atoms with van der Waals surface area (Å²) < 4.78 is 5.29. The van der Waals surface area contributed by atoms with Crippen LogP contribution in [0.4, 0.5) is 5.69 Å². The van der Waals surface area contributed by atoms with E-state index in [0.717, 1.165) is 28.1 Å². The van der Waals surface area contributed by atoms with Gasteiger partial charge < -0.3 is 10.1 Å². The van der Waals surface area contributed by atoms with Gasteiger partial charge in [0.15, 0.2) is 5.78 Å². The minimum atomic E-state index is -0.152. The normalized spacial score (nSPS) is 18.5. The summed E-state index contributed by atoms with van der Waals surface area (Å²) >= 11 is 0. The van der Waals surface area contributed by atoms with Gasteiger partial charge in [0.25, 0.3) is 0 Å². The molecule has 0 saturated heterocycles. The number of methoxy groups -OCH3 is 1. The molecular weight excluding hydrogens is 322 g/mol. The number of hydrogen-bond donors (Lipinski definition) is 1. The number of nitrogens with one attached hydrogen (secondary N) is 1. The highest BCUT2D eigenvalue weighted by Gasteiger charge is 2.35. The monoisotopic (exact) mass is 343 g/mol. The highest BCUT2D eigenvalue weighted by molar-refractivity contribution is 5.99. The lowest BCUT2D eigenvalue weighted by Crippen LogP contribution is -2.34. The van der Waals surface area contributed by atoms with Gasteiger partial charge in [0.05, 0.1) is 13.0 Å². The topological polar surface area (TPSA) is 38.3 Å². The van der Waals surface area contributed by atoms with Crippen molar-refractivity contribution in [3.8, 4) is 5.75 Å². The first kappa shape index (κ1) is 16.4. The molecule has 2 atom stereocenters. The van der Waals surface area contributed by atoms with Gasteiger partial charge in [-0.15, -0.1) is 0 Å². The zero-order valence-electron chi connectivity index (χ0n) is 14.7. The van der Waals surface area contributed by atoms with Crippen molar-refractivity contribution in [3.05, 3.63) is 95.6 Å². The Balaban J connectivity index is 1.78. The maximum Gasteiger partial charge on any atom is 0.168 e. The molecule has 1 heterocycles. The molecule has 1 N–H and O–H groups in total. The number of fused-ring (bicyclic) bond motifs is 1. The second-order valence-corrected chi connectivity index (χ2v) is 6.56. The van der Waals surface area contributed by atoms with Crippen molar-refractivity contribution < 1.29 is 9.53 Å². The van der Waals surface area contributed by atoms with Crippen molar-refractivity contribution in [1.82, 2.24) is 0 Å². The molecule has 0 saturated carbocycles. The van der Waals surface area contributed by atoms with Crippen LogP contribution < -0.4 is 10.1 Å². The zero-order chi connectivity index (χ0) is 17.9. The zero-order valence-corrected chi connectivity index (χ0v) is 14.7. The lowest BCUT2D eigenvalue weighted by molar-refractivity contribution is 0.0913. The fourth-order valence-electron chi connectivity index (χ4n) is 3.77. The average Bonchev–Trinajstić information content (AvgIpc) is 2.73. The van der Waals surface area contributed by atoms with Crippen molar-refractivity contribution in [1.29, 1.82) is 0 Å². The van der Waals surface area contributed by atoms with Gasteiger partial charge in [-0.2, -0.15) is 0 Å². The van der Waals surface area contributed by atoms with Crippen LogP contribution in [0.25, 0.3) is 0 Å². The molecule has 3 heteroatoms. The summed E-state index contributed by atoms with van der Waals surface area (Å²) in [6.07, 6.45) is 0. The summed E-state index contributed by atoms with van der Waals surface area (Å²) in [4.78, 5) is 13.3. The number of ketones is 1. The molecule has 1 aliphatic heterocycles. The predicted octanol–water partition coefficient (Wildman–Crippen LogP) is 4.75. The van der Waals surface area contributed by atoms with E-state index in [2.05, 4.69) is 29.6 Å². The molecule has 26 heavy (non-hydrogen) atoms. The van der Waals surface area contributed by atoms with E-state index in [1.54, 1.807) is 7.11 Å². The smallest absolute Gasteiger partial charge is 0.168 e. The van der Waals surface area contributed by atoms with Crippen molar-refractivity contribution in [2.24, 2.45) is 5.92 Å². The molecule has 3 aromatic carbocycles. The highest BCUT2D eigenvalue weighted by Crippen LogP contribution is 2.41. The molecule has 3 aromatic rings. The first-order valence-corrected chi connectivity index (χ1v) is 8.84. The van der Waals surface area contributed by atoms with Gasteiger partial charge in [-0.3, -0.25) is 4.79 Å². The Morgan fingerprint density at radius 2 is 1.62 bits per heavy atom. The Morgan fingerprint density at radius 1 is 0.923 bits per heavy atom. The number of rotatable bonds is 4. The summed E-state index contributed by atoms with van der Waals surface area (Å²) in [5.41, 5.74) is 4.16. The molecule has 130 valence electrons. The Hall–Kier alpha value is -3.07. The van der Waals surface area contributed by atoms with E-state index in [9.17, 15) is 4.79 Å². The molecule has 0 radical (unpaired) electrons. The number of Topliss-reactive ketones (excluding diaryl/α,β-unsaturated/α-hetero) is 1. The molecular formula is C23H21NO2. The predicted molar refractivity (Wildman–Crippen MR) is 104 cm³/mol. The maximum atomic E-state index is 13.3. The van der Waals surface area contributed by atoms with Crippen LogP contribution in [-0.2, 0) is 0 Å². The molecule has 3 nitrogen and oxygen atoms in total. The minimum absolute atomic E-state index is 0.0195.